The molecule has 1 aromatic carbocycles. The van der Waals surface area contributed by atoms with Crippen molar-refractivity contribution in [2.45, 2.75) is 20.0 Å². The van der Waals surface area contributed by atoms with Gasteiger partial charge in [0.05, 0.1) is 23.4 Å². The van der Waals surface area contributed by atoms with E-state index in [1.54, 1.807) is 6.07 Å². The zero-order valence-electron chi connectivity index (χ0n) is 11.7. The SMILES string of the molecule is CC(C)CN(CC(N)=O)c1ccc(C(F)(F)F)cc1C#N. The normalized spacial score (nSPS) is 11.3. The van der Waals surface area contributed by atoms with Crippen LogP contribution in [0.4, 0.5) is 18.9 Å². The molecule has 0 radical (unpaired) electrons. The van der Waals surface area contributed by atoms with Gasteiger partial charge in [0.25, 0.3) is 0 Å². The molecule has 1 amide bonds. The van der Waals surface area contributed by atoms with E-state index in [1.807, 2.05) is 13.8 Å². The Morgan fingerprint density at radius 3 is 2.48 bits per heavy atom. The number of carbonyl (C=O) groups excluding carboxylic acids is 1. The smallest absolute Gasteiger partial charge is 0.368 e. The van der Waals surface area contributed by atoms with Gasteiger partial charge in [0, 0.05) is 6.54 Å². The second kappa shape index (κ2) is 6.48. The predicted octanol–water partition coefficient (Wildman–Crippen LogP) is 2.52. The summed E-state index contributed by atoms with van der Waals surface area (Å²) in [5.41, 5.74) is 4.40. The van der Waals surface area contributed by atoms with Crippen molar-refractivity contribution in [3.05, 3.63) is 29.3 Å². The largest absolute Gasteiger partial charge is 0.416 e. The van der Waals surface area contributed by atoms with E-state index in [1.165, 1.54) is 11.0 Å². The quantitative estimate of drug-likeness (QED) is 0.908. The highest BCUT2D eigenvalue weighted by atomic mass is 19.4. The lowest BCUT2D eigenvalue weighted by molar-refractivity contribution is -0.137. The average molecular weight is 299 g/mol. The predicted molar refractivity (Wildman–Crippen MR) is 72.4 cm³/mol. The Morgan fingerprint density at radius 2 is 2.05 bits per heavy atom. The van der Waals surface area contributed by atoms with Crippen molar-refractivity contribution in [1.29, 1.82) is 5.26 Å². The summed E-state index contributed by atoms with van der Waals surface area (Å²) in [6.07, 6.45) is -4.52. The molecule has 0 fully saturated rings. The molecule has 0 saturated carbocycles. The van der Waals surface area contributed by atoms with Crippen molar-refractivity contribution in [3.63, 3.8) is 0 Å². The first kappa shape index (κ1) is 16.8. The number of alkyl halides is 3. The maximum Gasteiger partial charge on any atom is 0.416 e. The van der Waals surface area contributed by atoms with Gasteiger partial charge in [-0.05, 0) is 24.1 Å². The fourth-order valence-corrected chi connectivity index (χ4v) is 1.95. The van der Waals surface area contributed by atoms with Crippen LogP contribution in [0.1, 0.15) is 25.0 Å². The number of benzene rings is 1. The van der Waals surface area contributed by atoms with Gasteiger partial charge in [0.2, 0.25) is 5.91 Å². The van der Waals surface area contributed by atoms with Crippen molar-refractivity contribution >= 4 is 11.6 Å². The third-order valence-corrected chi connectivity index (χ3v) is 2.72. The van der Waals surface area contributed by atoms with Gasteiger partial charge < -0.3 is 10.6 Å². The Labute approximate surface area is 121 Å². The summed E-state index contributed by atoms with van der Waals surface area (Å²) >= 11 is 0. The van der Waals surface area contributed by atoms with E-state index in [-0.39, 0.29) is 23.7 Å². The number of nitrogens with two attached hydrogens (primary N) is 1. The summed E-state index contributed by atoms with van der Waals surface area (Å²) in [5.74, 6) is -0.461. The van der Waals surface area contributed by atoms with Crippen LogP contribution in [0.2, 0.25) is 0 Å². The Morgan fingerprint density at radius 1 is 1.43 bits per heavy atom. The monoisotopic (exact) mass is 299 g/mol. The lowest BCUT2D eigenvalue weighted by Gasteiger charge is -2.26. The molecule has 0 aliphatic heterocycles. The highest BCUT2D eigenvalue weighted by Gasteiger charge is 2.31. The lowest BCUT2D eigenvalue weighted by atomic mass is 10.1. The second-order valence-corrected chi connectivity index (χ2v) is 5.08. The van der Waals surface area contributed by atoms with Gasteiger partial charge in [-0.3, -0.25) is 4.79 Å². The molecule has 1 rings (SSSR count). The molecular formula is C14H16F3N3O. The molecule has 0 aliphatic rings. The molecule has 0 saturated heterocycles. The maximum atomic E-state index is 12.7. The van der Waals surface area contributed by atoms with E-state index in [0.717, 1.165) is 12.1 Å². The van der Waals surface area contributed by atoms with E-state index >= 15 is 0 Å². The summed E-state index contributed by atoms with van der Waals surface area (Å²) in [4.78, 5) is 12.6. The Kier molecular flexibility index (Phi) is 5.19. The number of hydrogen-bond donors (Lipinski definition) is 1. The van der Waals surface area contributed by atoms with Gasteiger partial charge in [-0.2, -0.15) is 18.4 Å². The van der Waals surface area contributed by atoms with E-state index in [2.05, 4.69) is 0 Å². The standard InChI is InChI=1S/C14H16F3N3O/c1-9(2)7-20(8-13(19)21)12-4-3-11(14(15,16)17)5-10(12)6-18/h3-5,9H,7-8H2,1-2H3,(H2,19,21). The van der Waals surface area contributed by atoms with Crippen LogP contribution < -0.4 is 10.6 Å². The summed E-state index contributed by atoms with van der Waals surface area (Å²) in [6, 6.07) is 4.62. The first-order valence-corrected chi connectivity index (χ1v) is 6.29. The van der Waals surface area contributed by atoms with Gasteiger partial charge in [-0.1, -0.05) is 13.8 Å². The summed E-state index contributed by atoms with van der Waals surface area (Å²) in [5, 5.41) is 9.07. The molecule has 1 aromatic rings. The number of rotatable bonds is 5. The van der Waals surface area contributed by atoms with Gasteiger partial charge in [-0.25, -0.2) is 0 Å². The Bertz CT molecular complexity index is 562. The summed E-state index contributed by atoms with van der Waals surface area (Å²) in [6.45, 7) is 4.04. The zero-order valence-corrected chi connectivity index (χ0v) is 11.7. The van der Waals surface area contributed by atoms with Crippen molar-refractivity contribution in [2.24, 2.45) is 11.7 Å². The third-order valence-electron chi connectivity index (χ3n) is 2.72. The average Bonchev–Trinajstić information content (AvgIpc) is 2.35. The molecule has 2 N–H and O–H groups in total. The van der Waals surface area contributed by atoms with Crippen molar-refractivity contribution < 1.29 is 18.0 Å². The number of halogens is 3. The molecule has 0 bridgehead atoms. The molecule has 0 spiro atoms. The fraction of sp³-hybridized carbons (Fsp3) is 0.429. The zero-order chi connectivity index (χ0) is 16.2. The van der Waals surface area contributed by atoms with Gasteiger partial charge in [0.1, 0.15) is 6.07 Å². The highest BCUT2D eigenvalue weighted by Crippen LogP contribution is 2.32. The molecule has 21 heavy (non-hydrogen) atoms. The maximum absolute atomic E-state index is 12.7. The van der Waals surface area contributed by atoms with Crippen LogP contribution in [0.25, 0.3) is 0 Å². The number of nitriles is 1. The van der Waals surface area contributed by atoms with Crippen LogP contribution in [-0.4, -0.2) is 19.0 Å². The van der Waals surface area contributed by atoms with Gasteiger partial charge in [-0.15, -0.1) is 0 Å². The van der Waals surface area contributed by atoms with Crippen molar-refractivity contribution in [2.75, 3.05) is 18.0 Å². The minimum atomic E-state index is -4.52. The van der Waals surface area contributed by atoms with E-state index in [4.69, 9.17) is 11.0 Å². The first-order chi connectivity index (χ1) is 9.65. The molecule has 0 unspecified atom stereocenters. The Hall–Kier alpha value is -2.23. The number of hydrogen-bond acceptors (Lipinski definition) is 3. The van der Waals surface area contributed by atoms with Crippen LogP contribution >= 0.6 is 0 Å². The van der Waals surface area contributed by atoms with Crippen molar-refractivity contribution in [3.8, 4) is 6.07 Å². The molecule has 0 aliphatic carbocycles. The second-order valence-electron chi connectivity index (χ2n) is 5.08. The molecule has 114 valence electrons. The first-order valence-electron chi connectivity index (χ1n) is 6.29. The number of amides is 1. The Balaban J connectivity index is 3.25. The fourth-order valence-electron chi connectivity index (χ4n) is 1.95. The van der Waals surface area contributed by atoms with Gasteiger partial charge >= 0.3 is 6.18 Å². The minimum absolute atomic E-state index is 0.133. The van der Waals surface area contributed by atoms with Crippen LogP contribution in [0.3, 0.4) is 0 Å². The molecule has 0 atom stereocenters. The summed E-state index contributed by atoms with van der Waals surface area (Å²) < 4.78 is 38.0. The number of nitrogens with zero attached hydrogens (tertiary/aromatic N) is 2. The van der Waals surface area contributed by atoms with Crippen LogP contribution in [0.5, 0.6) is 0 Å². The van der Waals surface area contributed by atoms with Crippen LogP contribution in [0.15, 0.2) is 18.2 Å². The van der Waals surface area contributed by atoms with E-state index < -0.39 is 17.6 Å². The van der Waals surface area contributed by atoms with Gasteiger partial charge in [0.15, 0.2) is 0 Å². The third kappa shape index (κ3) is 4.67. The number of anilines is 1. The van der Waals surface area contributed by atoms with E-state index in [9.17, 15) is 18.0 Å². The molecule has 0 heterocycles. The molecule has 0 aromatic heterocycles. The topological polar surface area (TPSA) is 70.1 Å². The van der Waals surface area contributed by atoms with Crippen molar-refractivity contribution in [1.82, 2.24) is 0 Å². The lowest BCUT2D eigenvalue weighted by Crippen LogP contribution is -2.36. The molecular weight excluding hydrogens is 283 g/mol. The van der Waals surface area contributed by atoms with E-state index in [0.29, 0.717) is 6.54 Å². The number of carbonyl (C=O) groups is 1. The highest BCUT2D eigenvalue weighted by molar-refractivity contribution is 5.80. The minimum Gasteiger partial charge on any atom is -0.368 e. The van der Waals surface area contributed by atoms with Crippen LogP contribution in [0, 0.1) is 17.2 Å². The number of primary amides is 1. The van der Waals surface area contributed by atoms with Crippen LogP contribution in [-0.2, 0) is 11.0 Å². The summed E-state index contributed by atoms with van der Waals surface area (Å²) in [7, 11) is 0. The molecule has 4 nitrogen and oxygen atoms in total. The molecule has 7 heteroatoms.